The molecule has 6 heteroatoms. The molecule has 0 aliphatic carbocycles. The monoisotopic (exact) mass is 254 g/mol. The van der Waals surface area contributed by atoms with Crippen molar-refractivity contribution in [2.75, 3.05) is 0 Å². The number of aliphatic hydroxyl groups excluding tert-OH is 1. The maximum absolute atomic E-state index is 10.3. The van der Waals surface area contributed by atoms with Crippen LogP contribution < -0.4 is 0 Å². The van der Waals surface area contributed by atoms with E-state index in [0.29, 0.717) is 16.5 Å². The topological polar surface area (TPSA) is 55.9 Å². The Hall–Kier alpha value is -1.33. The van der Waals surface area contributed by atoms with E-state index in [0.717, 1.165) is 0 Å². The van der Waals surface area contributed by atoms with Gasteiger partial charge in [-0.3, -0.25) is 4.68 Å². The maximum Gasteiger partial charge on any atom is 0.155 e. The first kappa shape index (κ1) is 12.1. The molecule has 0 saturated heterocycles. The molecular formula is C11H15ClN4O. The Morgan fingerprint density at radius 1 is 1.41 bits per heavy atom. The zero-order chi connectivity index (χ0) is 12.6. The van der Waals surface area contributed by atoms with E-state index in [2.05, 4.69) is 10.1 Å². The SMILES string of the molecule is CC(C)n1ncc(Cl)c1C(O)c1nccn1C. The van der Waals surface area contributed by atoms with Crippen LogP contribution in [0.4, 0.5) is 0 Å². The summed E-state index contributed by atoms with van der Waals surface area (Å²) in [6.45, 7) is 3.97. The molecule has 0 fully saturated rings. The molecule has 0 radical (unpaired) electrons. The fourth-order valence-electron chi connectivity index (χ4n) is 1.78. The molecule has 1 unspecified atom stereocenters. The minimum atomic E-state index is -0.868. The minimum absolute atomic E-state index is 0.132. The zero-order valence-corrected chi connectivity index (χ0v) is 10.8. The molecule has 5 nitrogen and oxygen atoms in total. The molecule has 0 spiro atoms. The van der Waals surface area contributed by atoms with E-state index in [-0.39, 0.29) is 6.04 Å². The largest absolute Gasteiger partial charge is 0.379 e. The first-order chi connectivity index (χ1) is 8.02. The van der Waals surface area contributed by atoms with E-state index in [1.165, 1.54) is 0 Å². The average Bonchev–Trinajstić information content (AvgIpc) is 2.83. The number of hydrogen-bond donors (Lipinski definition) is 1. The van der Waals surface area contributed by atoms with E-state index >= 15 is 0 Å². The van der Waals surface area contributed by atoms with Gasteiger partial charge in [0.25, 0.3) is 0 Å². The van der Waals surface area contributed by atoms with Crippen molar-refractivity contribution in [3.05, 3.63) is 35.1 Å². The molecule has 0 aliphatic rings. The van der Waals surface area contributed by atoms with Gasteiger partial charge in [0, 0.05) is 25.5 Å². The standard InChI is InChI=1S/C11H15ClN4O/c1-7(2)16-9(8(12)6-14-16)10(17)11-13-4-5-15(11)3/h4-7,10,17H,1-3H3. The van der Waals surface area contributed by atoms with E-state index in [4.69, 9.17) is 11.6 Å². The molecule has 0 amide bonds. The third kappa shape index (κ3) is 2.08. The van der Waals surface area contributed by atoms with E-state index in [9.17, 15) is 5.11 Å². The molecule has 2 aromatic rings. The average molecular weight is 255 g/mol. The van der Waals surface area contributed by atoms with Crippen molar-refractivity contribution in [2.24, 2.45) is 7.05 Å². The van der Waals surface area contributed by atoms with Gasteiger partial charge in [0.05, 0.1) is 16.9 Å². The second-order valence-electron chi connectivity index (χ2n) is 4.21. The van der Waals surface area contributed by atoms with Crippen molar-refractivity contribution in [2.45, 2.75) is 26.0 Å². The zero-order valence-electron chi connectivity index (χ0n) is 10.0. The summed E-state index contributed by atoms with van der Waals surface area (Å²) < 4.78 is 3.47. The van der Waals surface area contributed by atoms with Crippen molar-refractivity contribution in [3.8, 4) is 0 Å². The normalized spacial score (nSPS) is 13.3. The van der Waals surface area contributed by atoms with E-state index < -0.39 is 6.10 Å². The molecular weight excluding hydrogens is 240 g/mol. The smallest absolute Gasteiger partial charge is 0.155 e. The van der Waals surface area contributed by atoms with Crippen LogP contribution in [0.1, 0.15) is 37.5 Å². The van der Waals surface area contributed by atoms with Crippen LogP contribution in [0, 0.1) is 0 Å². The Labute approximate surface area is 105 Å². The van der Waals surface area contributed by atoms with Gasteiger partial charge in [-0.15, -0.1) is 0 Å². The number of nitrogens with zero attached hydrogens (tertiary/aromatic N) is 4. The highest BCUT2D eigenvalue weighted by Crippen LogP contribution is 2.28. The number of hydrogen-bond acceptors (Lipinski definition) is 3. The Kier molecular flexibility index (Phi) is 3.22. The van der Waals surface area contributed by atoms with Crippen LogP contribution in [0.5, 0.6) is 0 Å². The summed E-state index contributed by atoms with van der Waals surface area (Å²) in [6.07, 6.45) is 4.10. The van der Waals surface area contributed by atoms with Gasteiger partial charge >= 0.3 is 0 Å². The number of imidazole rings is 1. The quantitative estimate of drug-likeness (QED) is 0.911. The highest BCUT2D eigenvalue weighted by atomic mass is 35.5. The van der Waals surface area contributed by atoms with Crippen molar-refractivity contribution in [3.63, 3.8) is 0 Å². The van der Waals surface area contributed by atoms with Crippen LogP contribution in [0.3, 0.4) is 0 Å². The number of halogens is 1. The fraction of sp³-hybridized carbons (Fsp3) is 0.455. The highest BCUT2D eigenvalue weighted by molar-refractivity contribution is 6.31. The molecule has 0 aliphatic heterocycles. The van der Waals surface area contributed by atoms with Crippen LogP contribution in [-0.4, -0.2) is 24.4 Å². The lowest BCUT2D eigenvalue weighted by molar-refractivity contribution is 0.192. The lowest BCUT2D eigenvalue weighted by Crippen LogP contribution is -2.15. The van der Waals surface area contributed by atoms with Gasteiger partial charge in [-0.2, -0.15) is 5.10 Å². The molecule has 2 aromatic heterocycles. The van der Waals surface area contributed by atoms with Gasteiger partial charge in [-0.05, 0) is 13.8 Å². The summed E-state index contributed by atoms with van der Waals surface area (Å²) >= 11 is 6.07. The van der Waals surface area contributed by atoms with Crippen LogP contribution in [0.2, 0.25) is 5.02 Å². The van der Waals surface area contributed by atoms with Gasteiger partial charge < -0.3 is 9.67 Å². The lowest BCUT2D eigenvalue weighted by Gasteiger charge is -2.16. The fourth-order valence-corrected chi connectivity index (χ4v) is 2.01. The molecule has 0 bridgehead atoms. The second kappa shape index (κ2) is 4.50. The van der Waals surface area contributed by atoms with Crippen LogP contribution >= 0.6 is 11.6 Å². The van der Waals surface area contributed by atoms with Gasteiger partial charge in [-0.25, -0.2) is 4.98 Å². The van der Waals surface area contributed by atoms with Gasteiger partial charge in [0.15, 0.2) is 6.10 Å². The van der Waals surface area contributed by atoms with E-state index in [1.807, 2.05) is 20.9 Å². The van der Waals surface area contributed by atoms with Crippen molar-refractivity contribution in [1.29, 1.82) is 0 Å². The Morgan fingerprint density at radius 3 is 2.65 bits per heavy atom. The summed E-state index contributed by atoms with van der Waals surface area (Å²) in [4.78, 5) is 4.13. The lowest BCUT2D eigenvalue weighted by atomic mass is 10.2. The first-order valence-electron chi connectivity index (χ1n) is 5.40. The van der Waals surface area contributed by atoms with E-state index in [1.54, 1.807) is 27.8 Å². The molecule has 17 heavy (non-hydrogen) atoms. The molecule has 2 rings (SSSR count). The molecule has 2 heterocycles. The highest BCUT2D eigenvalue weighted by Gasteiger charge is 2.23. The number of aryl methyl sites for hydroxylation is 1. The van der Waals surface area contributed by atoms with Crippen LogP contribution in [0.15, 0.2) is 18.6 Å². The Morgan fingerprint density at radius 2 is 2.12 bits per heavy atom. The summed E-state index contributed by atoms with van der Waals surface area (Å²) in [5, 5.41) is 14.9. The number of aliphatic hydroxyl groups is 1. The summed E-state index contributed by atoms with van der Waals surface area (Å²) in [7, 11) is 1.83. The van der Waals surface area contributed by atoms with Crippen molar-refractivity contribution in [1.82, 2.24) is 19.3 Å². The Bertz CT molecular complexity index is 517. The predicted octanol–water partition coefficient (Wildman–Crippen LogP) is 1.93. The summed E-state index contributed by atoms with van der Waals surface area (Å²) in [5.41, 5.74) is 0.580. The Balaban J connectivity index is 2.47. The van der Waals surface area contributed by atoms with Gasteiger partial charge in [0.2, 0.25) is 0 Å². The van der Waals surface area contributed by atoms with Gasteiger partial charge in [-0.1, -0.05) is 11.6 Å². The van der Waals surface area contributed by atoms with Crippen molar-refractivity contribution < 1.29 is 5.11 Å². The second-order valence-corrected chi connectivity index (χ2v) is 4.62. The van der Waals surface area contributed by atoms with Crippen molar-refractivity contribution >= 4 is 11.6 Å². The molecule has 0 saturated carbocycles. The first-order valence-corrected chi connectivity index (χ1v) is 5.78. The third-order valence-corrected chi connectivity index (χ3v) is 2.93. The minimum Gasteiger partial charge on any atom is -0.379 e. The number of rotatable bonds is 3. The summed E-state index contributed by atoms with van der Waals surface area (Å²) in [6, 6.07) is 0.132. The molecule has 1 N–H and O–H groups in total. The molecule has 92 valence electrons. The van der Waals surface area contributed by atoms with Crippen LogP contribution in [-0.2, 0) is 7.05 Å². The summed E-state index contributed by atoms with van der Waals surface area (Å²) in [5.74, 6) is 0.550. The van der Waals surface area contributed by atoms with Crippen LogP contribution in [0.25, 0.3) is 0 Å². The molecule has 1 atom stereocenters. The third-order valence-electron chi connectivity index (χ3n) is 2.64. The maximum atomic E-state index is 10.3. The predicted molar refractivity (Wildman–Crippen MR) is 64.9 cm³/mol. The molecule has 0 aromatic carbocycles. The van der Waals surface area contributed by atoms with Gasteiger partial charge in [0.1, 0.15) is 5.82 Å². The number of aromatic nitrogens is 4.